The number of hydrogen-bond acceptors (Lipinski definition) is 5. The minimum atomic E-state index is -1.28. The molecule has 4 N–H and O–H groups in total. The average molecular weight is 341 g/mol. The number of nitrogen functional groups attached to an aromatic ring is 1. The minimum Gasteiger partial charge on any atom is -0.468 e. The molecular weight excluding hydrogens is 324 g/mol. The first kappa shape index (κ1) is 18.4. The van der Waals surface area contributed by atoms with Crippen molar-refractivity contribution in [1.29, 1.82) is 5.41 Å². The Morgan fingerprint density at radius 3 is 2.39 bits per heavy atom. The number of urea groups is 1. The van der Waals surface area contributed by atoms with Gasteiger partial charge in [-0.05, 0) is 12.5 Å². The van der Waals surface area contributed by atoms with Crippen LogP contribution in [-0.4, -0.2) is 42.3 Å². The van der Waals surface area contributed by atoms with E-state index in [-0.39, 0.29) is 18.2 Å². The first-order valence-corrected chi connectivity index (χ1v) is 6.45. The number of esters is 1. The molecule has 0 aromatic heterocycles. The third-order valence-electron chi connectivity index (χ3n) is 3.56. The second-order valence-electron chi connectivity index (χ2n) is 5.01. The number of halogens is 1. The lowest BCUT2D eigenvalue weighted by atomic mass is 9.91. The number of amidine groups is 1. The molecule has 1 unspecified atom stereocenters. The van der Waals surface area contributed by atoms with E-state index in [9.17, 15) is 14.4 Å². The number of amides is 3. The normalized spacial score (nSPS) is 19.8. The van der Waals surface area contributed by atoms with Gasteiger partial charge in [-0.2, -0.15) is 0 Å². The number of rotatable bonds is 4. The van der Waals surface area contributed by atoms with Crippen LogP contribution < -0.4 is 11.1 Å². The van der Waals surface area contributed by atoms with E-state index in [0.717, 1.165) is 4.90 Å². The van der Waals surface area contributed by atoms with Gasteiger partial charge in [-0.1, -0.05) is 24.3 Å². The maximum absolute atomic E-state index is 12.5. The van der Waals surface area contributed by atoms with Crippen LogP contribution in [-0.2, 0) is 19.9 Å². The van der Waals surface area contributed by atoms with Crippen LogP contribution in [0.5, 0.6) is 0 Å². The fourth-order valence-corrected chi connectivity index (χ4v) is 2.21. The summed E-state index contributed by atoms with van der Waals surface area (Å²) in [6.45, 7) is 1.11. The molecule has 1 aliphatic rings. The number of hydrogen-bond donors (Lipinski definition) is 3. The zero-order valence-corrected chi connectivity index (χ0v) is 13.4. The van der Waals surface area contributed by atoms with E-state index >= 15 is 0 Å². The Morgan fingerprint density at radius 2 is 1.91 bits per heavy atom. The number of nitrogens with two attached hydrogens (primary N) is 1. The lowest BCUT2D eigenvalue weighted by Crippen LogP contribution is -2.41. The molecule has 0 bridgehead atoms. The third kappa shape index (κ3) is 3.26. The molecule has 124 valence electrons. The van der Waals surface area contributed by atoms with Crippen molar-refractivity contribution in [2.24, 2.45) is 5.73 Å². The van der Waals surface area contributed by atoms with Crippen molar-refractivity contribution in [3.8, 4) is 0 Å². The third-order valence-corrected chi connectivity index (χ3v) is 3.56. The van der Waals surface area contributed by atoms with Gasteiger partial charge in [0.25, 0.3) is 5.91 Å². The van der Waals surface area contributed by atoms with Gasteiger partial charge in [0.05, 0.1) is 7.11 Å². The summed E-state index contributed by atoms with van der Waals surface area (Å²) in [4.78, 5) is 36.5. The first-order valence-electron chi connectivity index (χ1n) is 6.45. The van der Waals surface area contributed by atoms with Gasteiger partial charge in [-0.15, -0.1) is 12.4 Å². The zero-order valence-electron chi connectivity index (χ0n) is 12.6. The Morgan fingerprint density at radius 1 is 1.35 bits per heavy atom. The van der Waals surface area contributed by atoms with E-state index < -0.39 is 30.0 Å². The molecule has 0 radical (unpaired) electrons. The molecule has 0 aliphatic carbocycles. The number of carbonyl (C=O) groups is 3. The summed E-state index contributed by atoms with van der Waals surface area (Å²) in [5.74, 6) is -1.32. The Labute approximate surface area is 138 Å². The molecule has 3 amide bonds. The monoisotopic (exact) mass is 340 g/mol. The van der Waals surface area contributed by atoms with Gasteiger partial charge in [0, 0.05) is 5.56 Å². The summed E-state index contributed by atoms with van der Waals surface area (Å²) in [7, 11) is 1.18. The van der Waals surface area contributed by atoms with Crippen LogP contribution in [0, 0.1) is 5.41 Å². The fourth-order valence-electron chi connectivity index (χ4n) is 2.21. The van der Waals surface area contributed by atoms with E-state index in [1.165, 1.54) is 7.11 Å². The topological polar surface area (TPSA) is 126 Å². The van der Waals surface area contributed by atoms with Crippen molar-refractivity contribution in [2.45, 2.75) is 12.5 Å². The molecule has 0 saturated carbocycles. The molecule has 1 fully saturated rings. The molecule has 8 nitrogen and oxygen atoms in total. The van der Waals surface area contributed by atoms with E-state index in [4.69, 9.17) is 11.1 Å². The number of methoxy groups -OCH3 is 1. The van der Waals surface area contributed by atoms with Crippen LogP contribution in [0.1, 0.15) is 18.1 Å². The predicted molar refractivity (Wildman–Crippen MR) is 84.3 cm³/mol. The van der Waals surface area contributed by atoms with E-state index in [1.807, 2.05) is 0 Å². The maximum atomic E-state index is 12.5. The Hall–Kier alpha value is -2.61. The number of nitrogens with zero attached hydrogens (tertiary/aromatic N) is 1. The molecule has 1 aromatic carbocycles. The molecule has 1 atom stereocenters. The minimum absolute atomic E-state index is 0. The second kappa shape index (κ2) is 6.66. The van der Waals surface area contributed by atoms with Crippen LogP contribution in [0.4, 0.5) is 4.79 Å². The van der Waals surface area contributed by atoms with Gasteiger partial charge in [0.15, 0.2) is 0 Å². The zero-order chi connectivity index (χ0) is 16.5. The van der Waals surface area contributed by atoms with E-state index in [0.29, 0.717) is 11.1 Å². The molecule has 0 spiro atoms. The number of benzene rings is 1. The van der Waals surface area contributed by atoms with Crippen molar-refractivity contribution in [2.75, 3.05) is 13.7 Å². The van der Waals surface area contributed by atoms with Gasteiger partial charge in [0.2, 0.25) is 0 Å². The second-order valence-corrected chi connectivity index (χ2v) is 5.01. The Kier molecular flexibility index (Phi) is 5.34. The molecule has 1 aliphatic heterocycles. The van der Waals surface area contributed by atoms with Gasteiger partial charge < -0.3 is 15.8 Å². The number of nitrogens with one attached hydrogen (secondary N) is 2. The van der Waals surface area contributed by atoms with Gasteiger partial charge >= 0.3 is 12.0 Å². The average Bonchev–Trinajstić information content (AvgIpc) is 2.71. The highest BCUT2D eigenvalue weighted by Crippen LogP contribution is 2.28. The van der Waals surface area contributed by atoms with Crippen LogP contribution in [0.15, 0.2) is 24.3 Å². The summed E-state index contributed by atoms with van der Waals surface area (Å²) in [5.41, 5.74) is 5.14. The largest absolute Gasteiger partial charge is 0.468 e. The fraction of sp³-hybridized carbons (Fsp3) is 0.286. The van der Waals surface area contributed by atoms with Gasteiger partial charge in [-0.25, -0.2) is 4.79 Å². The van der Waals surface area contributed by atoms with E-state index in [2.05, 4.69) is 10.1 Å². The Balaban J connectivity index is 0.00000264. The number of imide groups is 1. The highest BCUT2D eigenvalue weighted by Gasteiger charge is 2.49. The maximum Gasteiger partial charge on any atom is 0.325 e. The molecule has 2 rings (SSSR count). The highest BCUT2D eigenvalue weighted by atomic mass is 35.5. The highest BCUT2D eigenvalue weighted by molar-refractivity contribution is 6.09. The molecule has 9 heteroatoms. The number of carbonyl (C=O) groups excluding carboxylic acids is 3. The van der Waals surface area contributed by atoms with Crippen LogP contribution in [0.25, 0.3) is 0 Å². The van der Waals surface area contributed by atoms with Gasteiger partial charge in [0.1, 0.15) is 17.9 Å². The lowest BCUT2D eigenvalue weighted by molar-refractivity contribution is -0.145. The smallest absolute Gasteiger partial charge is 0.325 e. The Bertz CT molecular complexity index is 661. The van der Waals surface area contributed by atoms with Crippen LogP contribution >= 0.6 is 12.4 Å². The molecular formula is C14H17ClN4O4. The van der Waals surface area contributed by atoms with Crippen LogP contribution in [0.3, 0.4) is 0 Å². The van der Waals surface area contributed by atoms with Gasteiger partial charge in [-0.3, -0.25) is 19.9 Å². The predicted octanol–water partition coefficient (Wildman–Crippen LogP) is 0.332. The quantitative estimate of drug-likeness (QED) is 0.315. The molecule has 1 heterocycles. The van der Waals surface area contributed by atoms with E-state index in [1.54, 1.807) is 31.2 Å². The summed E-state index contributed by atoms with van der Waals surface area (Å²) in [6.07, 6.45) is 0. The first-order chi connectivity index (χ1) is 10.3. The summed E-state index contributed by atoms with van der Waals surface area (Å²) in [6, 6.07) is 5.73. The summed E-state index contributed by atoms with van der Waals surface area (Å²) in [5, 5.41) is 9.92. The van der Waals surface area contributed by atoms with Crippen molar-refractivity contribution in [1.82, 2.24) is 10.2 Å². The summed E-state index contributed by atoms with van der Waals surface area (Å²) >= 11 is 0. The van der Waals surface area contributed by atoms with Crippen molar-refractivity contribution < 1.29 is 19.1 Å². The molecule has 23 heavy (non-hydrogen) atoms. The standard InChI is InChI=1S/C14H16N4O4.ClH/c1-14(9-5-3-8(4-6-9)11(15)16)12(20)18(13(21)17-14)7-10(19)22-2;/h3-6H,7H2,1-2H3,(H3,15,16)(H,17,21);1H. The van der Waals surface area contributed by atoms with Crippen molar-refractivity contribution in [3.05, 3.63) is 35.4 Å². The van der Waals surface area contributed by atoms with Crippen molar-refractivity contribution in [3.63, 3.8) is 0 Å². The lowest BCUT2D eigenvalue weighted by Gasteiger charge is -2.22. The van der Waals surface area contributed by atoms with Crippen LogP contribution in [0.2, 0.25) is 0 Å². The molecule has 1 aromatic rings. The summed E-state index contributed by atoms with van der Waals surface area (Å²) < 4.78 is 4.47. The van der Waals surface area contributed by atoms with Crippen molar-refractivity contribution >= 4 is 36.2 Å². The number of ether oxygens (including phenoxy) is 1. The SMILES string of the molecule is COC(=O)CN1C(=O)NC(C)(c2ccc(C(=N)N)cc2)C1=O.Cl. The molecule has 1 saturated heterocycles.